The van der Waals surface area contributed by atoms with Gasteiger partial charge in [0.2, 0.25) is 5.91 Å². The lowest BCUT2D eigenvalue weighted by atomic mass is 10.0. The number of benzene rings is 1. The molecule has 0 saturated heterocycles. The third kappa shape index (κ3) is 4.23. The zero-order valence-electron chi connectivity index (χ0n) is 17.7. The number of carbonyl (C=O) groups is 1. The summed E-state index contributed by atoms with van der Waals surface area (Å²) in [7, 11) is 1.83. The molecule has 32 heavy (non-hydrogen) atoms. The number of nitrogens with zero attached hydrogens (tertiary/aromatic N) is 5. The number of rotatable bonds is 5. The number of nitrogens with one attached hydrogen (secondary N) is 2. The Morgan fingerprint density at radius 1 is 1.28 bits per heavy atom. The predicted molar refractivity (Wildman–Crippen MR) is 113 cm³/mol. The van der Waals surface area contributed by atoms with Crippen LogP contribution in [0.2, 0.25) is 0 Å². The quantitative estimate of drug-likeness (QED) is 0.624. The topological polar surface area (TPSA) is 88.0 Å². The molecule has 1 aliphatic heterocycles. The average Bonchev–Trinajstić information content (AvgIpc) is 3.21. The fraction of sp³-hybridized carbons (Fsp3) is 0.333. The van der Waals surface area contributed by atoms with Crippen molar-refractivity contribution in [2.75, 3.05) is 29.1 Å². The summed E-state index contributed by atoms with van der Waals surface area (Å²) in [5.74, 6) is 0.498. The van der Waals surface area contributed by atoms with Gasteiger partial charge in [0.25, 0.3) is 0 Å². The van der Waals surface area contributed by atoms with E-state index in [0.29, 0.717) is 22.9 Å². The lowest BCUT2D eigenvalue weighted by Gasteiger charge is -2.28. The van der Waals surface area contributed by atoms with Gasteiger partial charge < -0.3 is 15.5 Å². The molecule has 11 heteroatoms. The number of alkyl halides is 3. The maximum Gasteiger partial charge on any atom is 0.416 e. The van der Waals surface area contributed by atoms with E-state index in [1.807, 2.05) is 18.0 Å². The molecular weight excluding hydrogens is 423 g/mol. The van der Waals surface area contributed by atoms with E-state index < -0.39 is 17.8 Å². The van der Waals surface area contributed by atoms with E-state index in [-0.39, 0.29) is 24.6 Å². The third-order valence-electron chi connectivity index (χ3n) is 5.36. The monoisotopic (exact) mass is 445 g/mol. The molecule has 1 aromatic carbocycles. The molecule has 0 radical (unpaired) electrons. The summed E-state index contributed by atoms with van der Waals surface area (Å²) in [6.07, 6.45) is -2.83. The molecule has 0 saturated carbocycles. The fourth-order valence-corrected chi connectivity index (χ4v) is 3.71. The SMILES string of the molecule is Cc1nc(NCc2cn(C(C)c3ccccc3C(F)(F)F)nn2)cc2c1NC(=O)CN2C. The maximum absolute atomic E-state index is 13.4. The van der Waals surface area contributed by atoms with Crippen molar-refractivity contribution in [2.24, 2.45) is 0 Å². The van der Waals surface area contributed by atoms with Gasteiger partial charge in [-0.2, -0.15) is 13.2 Å². The highest BCUT2D eigenvalue weighted by Gasteiger charge is 2.34. The Hall–Kier alpha value is -3.63. The van der Waals surface area contributed by atoms with Crippen LogP contribution in [-0.2, 0) is 17.5 Å². The van der Waals surface area contributed by atoms with Crippen LogP contribution in [0.15, 0.2) is 36.5 Å². The van der Waals surface area contributed by atoms with E-state index in [9.17, 15) is 18.0 Å². The first-order valence-corrected chi connectivity index (χ1v) is 9.97. The van der Waals surface area contributed by atoms with E-state index in [1.54, 1.807) is 26.1 Å². The highest BCUT2D eigenvalue weighted by molar-refractivity contribution is 6.02. The third-order valence-corrected chi connectivity index (χ3v) is 5.36. The van der Waals surface area contributed by atoms with Crippen molar-refractivity contribution < 1.29 is 18.0 Å². The Morgan fingerprint density at radius 2 is 2.03 bits per heavy atom. The first-order chi connectivity index (χ1) is 15.1. The van der Waals surface area contributed by atoms with Crippen LogP contribution in [-0.4, -0.2) is 39.5 Å². The molecule has 0 spiro atoms. The van der Waals surface area contributed by atoms with Crippen LogP contribution in [0.25, 0.3) is 0 Å². The lowest BCUT2D eigenvalue weighted by Crippen LogP contribution is -2.36. The minimum atomic E-state index is -4.45. The second kappa shape index (κ2) is 8.13. The van der Waals surface area contributed by atoms with Gasteiger partial charge in [-0.15, -0.1) is 5.10 Å². The molecule has 0 fully saturated rings. The van der Waals surface area contributed by atoms with Crippen LogP contribution in [0.4, 0.5) is 30.4 Å². The van der Waals surface area contributed by atoms with E-state index >= 15 is 0 Å². The van der Waals surface area contributed by atoms with Crippen LogP contribution < -0.4 is 15.5 Å². The van der Waals surface area contributed by atoms with Gasteiger partial charge in [0.15, 0.2) is 0 Å². The molecule has 1 atom stereocenters. The number of aryl methyl sites for hydroxylation is 1. The summed E-state index contributed by atoms with van der Waals surface area (Å²) in [4.78, 5) is 18.0. The number of hydrogen-bond donors (Lipinski definition) is 2. The van der Waals surface area contributed by atoms with Crippen LogP contribution in [0.3, 0.4) is 0 Å². The van der Waals surface area contributed by atoms with Gasteiger partial charge in [-0.05, 0) is 25.5 Å². The maximum atomic E-state index is 13.4. The largest absolute Gasteiger partial charge is 0.416 e. The molecule has 8 nitrogen and oxygen atoms in total. The summed E-state index contributed by atoms with van der Waals surface area (Å²) in [5.41, 5.74) is 2.19. The molecule has 4 rings (SSSR count). The normalized spacial score (nSPS) is 14.7. The Balaban J connectivity index is 1.50. The summed E-state index contributed by atoms with van der Waals surface area (Å²) in [6, 6.07) is 6.64. The Labute approximate surface area is 182 Å². The van der Waals surface area contributed by atoms with Crippen molar-refractivity contribution in [3.63, 3.8) is 0 Å². The molecular formula is C21H22F3N7O. The number of amides is 1. The number of fused-ring (bicyclic) bond motifs is 1. The van der Waals surface area contributed by atoms with Crippen molar-refractivity contribution in [2.45, 2.75) is 32.6 Å². The molecule has 2 N–H and O–H groups in total. The van der Waals surface area contributed by atoms with E-state index in [4.69, 9.17) is 0 Å². The smallest absolute Gasteiger partial charge is 0.364 e. The summed E-state index contributed by atoms with van der Waals surface area (Å²) in [6.45, 7) is 3.99. The minimum absolute atomic E-state index is 0.0940. The standard InChI is InChI=1S/C21H22F3N7O/c1-12-20-17(30(3)11-19(32)27-20)8-18(26-12)25-9-14-10-31(29-28-14)13(2)15-6-4-5-7-16(15)21(22,23)24/h4-8,10,13H,9,11H2,1-3H3,(H,25,26)(H,27,32). The van der Waals surface area contributed by atoms with Crippen LogP contribution in [0, 0.1) is 6.92 Å². The zero-order valence-corrected chi connectivity index (χ0v) is 17.7. The second-order valence-corrected chi connectivity index (χ2v) is 7.70. The number of pyridine rings is 1. The van der Waals surface area contributed by atoms with Crippen LogP contribution in [0.1, 0.15) is 35.5 Å². The number of likely N-dealkylation sites (N-methyl/N-ethyl adjacent to an activating group) is 1. The second-order valence-electron chi connectivity index (χ2n) is 7.70. The van der Waals surface area contributed by atoms with Gasteiger partial charge in [0, 0.05) is 13.1 Å². The summed E-state index contributed by atoms with van der Waals surface area (Å²) < 4.78 is 41.5. The highest BCUT2D eigenvalue weighted by Crippen LogP contribution is 2.35. The summed E-state index contributed by atoms with van der Waals surface area (Å²) in [5, 5.41) is 14.1. The van der Waals surface area contributed by atoms with E-state index in [0.717, 1.165) is 11.8 Å². The van der Waals surface area contributed by atoms with Gasteiger partial charge in [0.05, 0.1) is 48.0 Å². The highest BCUT2D eigenvalue weighted by atomic mass is 19.4. The molecule has 0 bridgehead atoms. The van der Waals surface area contributed by atoms with Crippen LogP contribution >= 0.6 is 0 Å². The molecule has 0 aliphatic carbocycles. The molecule has 3 aromatic rings. The van der Waals surface area contributed by atoms with Crippen LogP contribution in [0.5, 0.6) is 0 Å². The molecule has 2 aromatic heterocycles. The number of carbonyl (C=O) groups excluding carboxylic acids is 1. The van der Waals surface area contributed by atoms with Gasteiger partial charge in [-0.1, -0.05) is 23.4 Å². The average molecular weight is 445 g/mol. The predicted octanol–water partition coefficient (Wildman–Crippen LogP) is 3.61. The van der Waals surface area contributed by atoms with E-state index in [1.165, 1.54) is 16.8 Å². The summed E-state index contributed by atoms with van der Waals surface area (Å²) >= 11 is 0. The van der Waals surface area contributed by atoms with Gasteiger partial charge in [-0.3, -0.25) is 4.79 Å². The van der Waals surface area contributed by atoms with Crippen molar-refractivity contribution in [1.29, 1.82) is 0 Å². The van der Waals surface area contributed by atoms with Crippen molar-refractivity contribution >= 4 is 23.1 Å². The molecule has 1 aliphatic rings. The Kier molecular flexibility index (Phi) is 5.49. The van der Waals surface area contributed by atoms with E-state index in [2.05, 4.69) is 25.9 Å². The van der Waals surface area contributed by atoms with Crippen molar-refractivity contribution in [3.05, 3.63) is 59.0 Å². The Bertz CT molecular complexity index is 1160. The number of halogens is 3. The molecule has 1 amide bonds. The van der Waals surface area contributed by atoms with Gasteiger partial charge in [0.1, 0.15) is 11.5 Å². The number of anilines is 3. The number of aromatic nitrogens is 4. The lowest BCUT2D eigenvalue weighted by molar-refractivity contribution is -0.138. The number of hydrogen-bond acceptors (Lipinski definition) is 6. The van der Waals surface area contributed by atoms with Gasteiger partial charge in [-0.25, -0.2) is 9.67 Å². The molecule has 168 valence electrons. The first-order valence-electron chi connectivity index (χ1n) is 9.97. The molecule has 1 unspecified atom stereocenters. The molecule has 3 heterocycles. The van der Waals surface area contributed by atoms with Gasteiger partial charge >= 0.3 is 6.18 Å². The minimum Gasteiger partial charge on any atom is -0.364 e. The Morgan fingerprint density at radius 3 is 2.78 bits per heavy atom. The zero-order chi connectivity index (χ0) is 23.0. The van der Waals surface area contributed by atoms with Crippen molar-refractivity contribution in [1.82, 2.24) is 20.0 Å². The first kappa shape index (κ1) is 21.6. The van der Waals surface area contributed by atoms with Crippen molar-refractivity contribution in [3.8, 4) is 0 Å². The fourth-order valence-electron chi connectivity index (χ4n) is 3.71.